The summed E-state index contributed by atoms with van der Waals surface area (Å²) in [6.07, 6.45) is 6.66. The van der Waals surface area contributed by atoms with Crippen LogP contribution in [0.1, 0.15) is 29.9 Å². The van der Waals surface area contributed by atoms with Gasteiger partial charge in [0.2, 0.25) is 0 Å². The van der Waals surface area contributed by atoms with E-state index in [0.717, 1.165) is 12.8 Å². The zero-order valence-electron chi connectivity index (χ0n) is 10.6. The van der Waals surface area contributed by atoms with Crippen LogP contribution in [-0.2, 0) is 13.0 Å². The van der Waals surface area contributed by atoms with Gasteiger partial charge in [-0.25, -0.2) is 4.98 Å². The summed E-state index contributed by atoms with van der Waals surface area (Å²) < 4.78 is 2.23. The van der Waals surface area contributed by atoms with Gasteiger partial charge in [0.1, 0.15) is 4.47 Å². The summed E-state index contributed by atoms with van der Waals surface area (Å²) in [6, 6.07) is 8.56. The fourth-order valence-electron chi connectivity index (χ4n) is 2.84. The molecule has 1 unspecified atom stereocenters. The van der Waals surface area contributed by atoms with Crippen LogP contribution in [0, 0.1) is 0 Å². The molecule has 1 atom stereocenters. The monoisotopic (exact) mass is 318 g/mol. The van der Waals surface area contributed by atoms with Crippen LogP contribution in [0.25, 0.3) is 0 Å². The molecule has 0 radical (unpaired) electrons. The van der Waals surface area contributed by atoms with Crippen molar-refractivity contribution in [2.45, 2.75) is 31.7 Å². The highest BCUT2D eigenvalue weighted by atomic mass is 79.9. The molecular weight excluding hydrogens is 304 g/mol. The lowest BCUT2D eigenvalue weighted by Crippen LogP contribution is -2.25. The van der Waals surface area contributed by atoms with E-state index in [4.69, 9.17) is 0 Å². The molecule has 0 fully saturated rings. The number of rotatable bonds is 2. The van der Waals surface area contributed by atoms with Crippen LogP contribution >= 0.6 is 15.9 Å². The highest BCUT2D eigenvalue weighted by Gasteiger charge is 2.20. The Kier molecular flexibility index (Phi) is 3.51. The van der Waals surface area contributed by atoms with Crippen molar-refractivity contribution in [2.75, 3.05) is 0 Å². The fourth-order valence-corrected chi connectivity index (χ4v) is 3.18. The van der Waals surface area contributed by atoms with Gasteiger partial charge >= 0.3 is 0 Å². The Morgan fingerprint density at radius 2 is 2.21 bits per heavy atom. The number of halogens is 1. The van der Waals surface area contributed by atoms with E-state index >= 15 is 0 Å². The Morgan fingerprint density at radius 1 is 1.37 bits per heavy atom. The third-order valence-corrected chi connectivity index (χ3v) is 4.31. The molecule has 2 aromatic rings. The maximum atomic E-state index is 12.0. The molecule has 1 heterocycles. The number of benzene rings is 1. The predicted molar refractivity (Wildman–Crippen MR) is 78.3 cm³/mol. The molecule has 19 heavy (non-hydrogen) atoms. The zero-order chi connectivity index (χ0) is 13.2. The molecule has 1 aromatic carbocycles. The molecule has 3 rings (SSSR count). The first-order chi connectivity index (χ1) is 9.25. The van der Waals surface area contributed by atoms with Gasteiger partial charge in [0.25, 0.3) is 5.56 Å². The van der Waals surface area contributed by atoms with Gasteiger partial charge in [0, 0.05) is 18.7 Å². The zero-order valence-corrected chi connectivity index (χ0v) is 12.1. The van der Waals surface area contributed by atoms with Gasteiger partial charge in [0.05, 0.1) is 6.33 Å². The maximum absolute atomic E-state index is 12.0. The van der Waals surface area contributed by atoms with E-state index in [-0.39, 0.29) is 5.56 Å². The Bertz CT molecular complexity index is 651. The van der Waals surface area contributed by atoms with Crippen molar-refractivity contribution < 1.29 is 0 Å². The van der Waals surface area contributed by atoms with Crippen LogP contribution in [0.5, 0.6) is 0 Å². The van der Waals surface area contributed by atoms with Crippen molar-refractivity contribution in [3.63, 3.8) is 0 Å². The van der Waals surface area contributed by atoms with Crippen molar-refractivity contribution in [1.82, 2.24) is 9.55 Å². The van der Waals surface area contributed by atoms with Gasteiger partial charge in [-0.2, -0.15) is 0 Å². The van der Waals surface area contributed by atoms with E-state index in [9.17, 15) is 4.79 Å². The molecular formula is C15H15BrN2O. The Balaban J connectivity index is 1.93. The average Bonchev–Trinajstić information content (AvgIpc) is 2.44. The van der Waals surface area contributed by atoms with Crippen molar-refractivity contribution in [1.29, 1.82) is 0 Å². The molecule has 98 valence electrons. The van der Waals surface area contributed by atoms with Crippen LogP contribution in [-0.4, -0.2) is 9.55 Å². The molecule has 4 heteroatoms. The minimum absolute atomic E-state index is 0.00180. The molecule has 1 aliphatic rings. The Labute approximate surface area is 120 Å². The highest BCUT2D eigenvalue weighted by molar-refractivity contribution is 9.10. The van der Waals surface area contributed by atoms with Crippen LogP contribution < -0.4 is 5.56 Å². The summed E-state index contributed by atoms with van der Waals surface area (Å²) in [5, 5.41) is 0. The second-order valence-electron chi connectivity index (χ2n) is 4.99. The minimum atomic E-state index is -0.00180. The smallest absolute Gasteiger partial charge is 0.267 e. The van der Waals surface area contributed by atoms with E-state index in [0.29, 0.717) is 16.9 Å². The van der Waals surface area contributed by atoms with Crippen molar-refractivity contribution >= 4 is 15.9 Å². The molecule has 0 saturated carbocycles. The maximum Gasteiger partial charge on any atom is 0.267 e. The lowest BCUT2D eigenvalue weighted by molar-refractivity contribution is 0.471. The summed E-state index contributed by atoms with van der Waals surface area (Å²) in [6.45, 7) is 0.711. The van der Waals surface area contributed by atoms with Gasteiger partial charge in [-0.1, -0.05) is 24.3 Å². The normalized spacial score (nSPS) is 18.1. The number of aromatic nitrogens is 2. The second-order valence-corrected chi connectivity index (χ2v) is 5.84. The van der Waals surface area contributed by atoms with Gasteiger partial charge in [-0.05, 0) is 46.3 Å². The predicted octanol–water partition coefficient (Wildman–Crippen LogP) is 3.13. The lowest BCUT2D eigenvalue weighted by atomic mass is 9.83. The van der Waals surface area contributed by atoms with E-state index < -0.39 is 0 Å². The lowest BCUT2D eigenvalue weighted by Gasteiger charge is -2.25. The first-order valence-electron chi connectivity index (χ1n) is 6.53. The largest absolute Gasteiger partial charge is 0.298 e. The number of hydrogen-bond donors (Lipinski definition) is 0. The van der Waals surface area contributed by atoms with Crippen LogP contribution in [0.4, 0.5) is 0 Å². The van der Waals surface area contributed by atoms with Crippen LogP contribution in [0.15, 0.2) is 46.1 Å². The SMILES string of the molecule is O=c1c(Br)cncn1CC1CCCc2ccccc21. The van der Waals surface area contributed by atoms with Crippen molar-refractivity contribution in [3.8, 4) is 0 Å². The van der Waals surface area contributed by atoms with E-state index in [2.05, 4.69) is 45.2 Å². The van der Waals surface area contributed by atoms with Gasteiger partial charge in [-0.3, -0.25) is 9.36 Å². The number of fused-ring (bicyclic) bond motifs is 1. The average molecular weight is 319 g/mol. The summed E-state index contributed by atoms with van der Waals surface area (Å²) in [7, 11) is 0. The molecule has 0 aliphatic heterocycles. The molecule has 0 saturated heterocycles. The highest BCUT2D eigenvalue weighted by Crippen LogP contribution is 2.32. The fraction of sp³-hybridized carbons (Fsp3) is 0.333. The standard InChI is InChI=1S/C15H15BrN2O/c16-14-8-17-10-18(15(14)19)9-12-6-3-5-11-4-1-2-7-13(11)12/h1-2,4,7-8,10,12H,3,5-6,9H2. The van der Waals surface area contributed by atoms with E-state index in [1.807, 2.05) is 0 Å². The molecule has 0 spiro atoms. The first kappa shape index (κ1) is 12.6. The number of nitrogens with zero attached hydrogens (tertiary/aromatic N) is 2. The van der Waals surface area contributed by atoms with Gasteiger partial charge < -0.3 is 0 Å². The molecule has 1 aliphatic carbocycles. The Morgan fingerprint density at radius 3 is 3.11 bits per heavy atom. The van der Waals surface area contributed by atoms with E-state index in [1.54, 1.807) is 17.1 Å². The van der Waals surface area contributed by atoms with E-state index in [1.165, 1.54) is 17.5 Å². The summed E-state index contributed by atoms with van der Waals surface area (Å²) >= 11 is 3.25. The van der Waals surface area contributed by atoms with Gasteiger partial charge in [-0.15, -0.1) is 0 Å². The summed E-state index contributed by atoms with van der Waals surface area (Å²) in [4.78, 5) is 16.1. The molecule has 0 bridgehead atoms. The number of hydrogen-bond acceptors (Lipinski definition) is 2. The quantitative estimate of drug-likeness (QED) is 0.852. The van der Waals surface area contributed by atoms with Crippen molar-refractivity contribution in [2.24, 2.45) is 0 Å². The second kappa shape index (κ2) is 5.29. The Hall–Kier alpha value is -1.42. The number of aryl methyl sites for hydroxylation is 1. The first-order valence-corrected chi connectivity index (χ1v) is 7.33. The molecule has 1 aromatic heterocycles. The summed E-state index contributed by atoms with van der Waals surface area (Å²) in [5.41, 5.74) is 2.81. The van der Waals surface area contributed by atoms with Crippen molar-refractivity contribution in [3.05, 3.63) is 62.7 Å². The summed E-state index contributed by atoms with van der Waals surface area (Å²) in [5.74, 6) is 0.416. The van der Waals surface area contributed by atoms with Gasteiger partial charge in [0.15, 0.2) is 0 Å². The molecule has 0 N–H and O–H groups in total. The van der Waals surface area contributed by atoms with Crippen LogP contribution in [0.2, 0.25) is 0 Å². The minimum Gasteiger partial charge on any atom is -0.298 e. The molecule has 0 amide bonds. The third-order valence-electron chi connectivity index (χ3n) is 3.77. The topological polar surface area (TPSA) is 34.9 Å². The third kappa shape index (κ3) is 2.50. The van der Waals surface area contributed by atoms with Crippen LogP contribution in [0.3, 0.4) is 0 Å². The molecule has 3 nitrogen and oxygen atoms in total.